The standard InChI is InChI=1S/C26H33Cl2N3O2/c1-14-10-16-18-6-5-8-25(18,2)9-7-19(16)26(3)12-17(24(33)31(4)21(14)26)23(32)30-22-20(28)11-15(27)13-29-22/h11-14,16,18-19,21H,5-10H2,1-4H3,(H,29,30,32)/t14?,16-,18-,19+,21?,25-,26+/m0/s1. The molecule has 0 aromatic carbocycles. The molecule has 0 bridgehead atoms. The SMILES string of the molecule is CC1C[C@@H]2[C@@H](CC[C@]3(C)CCC[C@@H]23)[C@@]2(C)C=C(C(=O)Nc3ncc(Cl)cc3Cl)C(=O)N(C)C12. The summed E-state index contributed by atoms with van der Waals surface area (Å²) in [5.74, 6) is 1.79. The van der Waals surface area contributed by atoms with Crippen molar-refractivity contribution in [2.45, 2.75) is 65.3 Å². The van der Waals surface area contributed by atoms with Gasteiger partial charge in [0.2, 0.25) is 0 Å². The van der Waals surface area contributed by atoms with Gasteiger partial charge in [0.05, 0.1) is 10.0 Å². The first-order valence-electron chi connectivity index (χ1n) is 12.2. The van der Waals surface area contributed by atoms with Gasteiger partial charge in [-0.1, -0.05) is 56.5 Å². The molecular weight excluding hydrogens is 457 g/mol. The molecule has 0 saturated heterocycles. The van der Waals surface area contributed by atoms with Gasteiger partial charge in [0, 0.05) is 24.7 Å². The topological polar surface area (TPSA) is 62.3 Å². The third-order valence-corrected chi connectivity index (χ3v) is 10.0. The second kappa shape index (κ2) is 7.98. The van der Waals surface area contributed by atoms with Crippen LogP contribution in [0.15, 0.2) is 23.9 Å². The minimum Gasteiger partial charge on any atom is -0.337 e. The fourth-order valence-corrected chi connectivity index (χ4v) is 8.72. The number of likely N-dealkylation sites (N-methyl/N-ethyl adjacent to an activating group) is 1. The number of nitrogens with zero attached hydrogens (tertiary/aromatic N) is 2. The molecule has 3 saturated carbocycles. The molecule has 5 rings (SSSR count). The molecule has 2 heterocycles. The number of carbonyl (C=O) groups is 2. The van der Waals surface area contributed by atoms with Crippen LogP contribution in [0.4, 0.5) is 5.82 Å². The van der Waals surface area contributed by atoms with Gasteiger partial charge in [-0.25, -0.2) is 4.98 Å². The number of aromatic nitrogens is 1. The highest BCUT2D eigenvalue weighted by atomic mass is 35.5. The highest BCUT2D eigenvalue weighted by molar-refractivity contribution is 6.36. The Morgan fingerprint density at radius 1 is 1.21 bits per heavy atom. The van der Waals surface area contributed by atoms with E-state index in [-0.39, 0.29) is 33.8 Å². The first kappa shape index (κ1) is 23.2. The third kappa shape index (κ3) is 3.53. The number of anilines is 1. The lowest BCUT2D eigenvalue weighted by atomic mass is 9.46. The molecule has 3 fully saturated rings. The van der Waals surface area contributed by atoms with Crippen molar-refractivity contribution >= 4 is 40.8 Å². The Morgan fingerprint density at radius 2 is 1.97 bits per heavy atom. The molecule has 1 aromatic rings. The Morgan fingerprint density at radius 3 is 2.70 bits per heavy atom. The molecule has 0 spiro atoms. The van der Waals surface area contributed by atoms with Gasteiger partial charge in [0.25, 0.3) is 11.8 Å². The number of fused-ring (bicyclic) bond motifs is 5. The van der Waals surface area contributed by atoms with E-state index < -0.39 is 5.91 Å². The van der Waals surface area contributed by atoms with Gasteiger partial charge in [-0.2, -0.15) is 0 Å². The van der Waals surface area contributed by atoms with E-state index in [1.807, 2.05) is 18.0 Å². The van der Waals surface area contributed by atoms with E-state index in [9.17, 15) is 9.59 Å². The Labute approximate surface area is 206 Å². The van der Waals surface area contributed by atoms with Crippen LogP contribution in [0.1, 0.15) is 59.3 Å². The molecule has 1 aliphatic heterocycles. The monoisotopic (exact) mass is 489 g/mol. The number of amides is 2. The summed E-state index contributed by atoms with van der Waals surface area (Å²) in [5.41, 5.74) is 0.414. The maximum atomic E-state index is 13.4. The summed E-state index contributed by atoms with van der Waals surface area (Å²) in [6.07, 6.45) is 11.0. The van der Waals surface area contributed by atoms with Crippen molar-refractivity contribution in [3.63, 3.8) is 0 Å². The smallest absolute Gasteiger partial charge is 0.262 e. The Balaban J connectivity index is 1.51. The minimum absolute atomic E-state index is 0.103. The van der Waals surface area contributed by atoms with E-state index in [4.69, 9.17) is 23.2 Å². The molecule has 2 amide bonds. The lowest BCUT2D eigenvalue weighted by molar-refractivity contribution is -0.146. The average molecular weight is 490 g/mol. The van der Waals surface area contributed by atoms with E-state index in [2.05, 4.69) is 31.1 Å². The van der Waals surface area contributed by atoms with Crippen LogP contribution in [-0.2, 0) is 9.59 Å². The van der Waals surface area contributed by atoms with Crippen LogP contribution >= 0.6 is 23.2 Å². The van der Waals surface area contributed by atoms with Crippen molar-refractivity contribution in [3.05, 3.63) is 34.0 Å². The zero-order valence-corrected chi connectivity index (χ0v) is 21.3. The summed E-state index contributed by atoms with van der Waals surface area (Å²) >= 11 is 12.1. The van der Waals surface area contributed by atoms with Crippen molar-refractivity contribution in [2.24, 2.45) is 34.5 Å². The normalized spacial score (nSPS) is 39.9. The van der Waals surface area contributed by atoms with Crippen LogP contribution in [0, 0.1) is 34.5 Å². The van der Waals surface area contributed by atoms with Crippen LogP contribution in [-0.4, -0.2) is 34.8 Å². The second-order valence-electron chi connectivity index (χ2n) is 11.4. The number of halogens is 2. The Kier molecular flexibility index (Phi) is 5.60. The minimum atomic E-state index is -0.459. The van der Waals surface area contributed by atoms with E-state index in [0.717, 1.165) is 12.3 Å². The first-order valence-corrected chi connectivity index (χ1v) is 12.9. The van der Waals surface area contributed by atoms with Gasteiger partial charge < -0.3 is 10.2 Å². The summed E-state index contributed by atoms with van der Waals surface area (Å²) in [4.78, 5) is 32.6. The van der Waals surface area contributed by atoms with Crippen molar-refractivity contribution in [3.8, 4) is 0 Å². The van der Waals surface area contributed by atoms with Crippen LogP contribution in [0.5, 0.6) is 0 Å². The second-order valence-corrected chi connectivity index (χ2v) is 12.2. The fraction of sp³-hybridized carbons (Fsp3) is 0.654. The van der Waals surface area contributed by atoms with Crippen molar-refractivity contribution in [1.82, 2.24) is 9.88 Å². The summed E-state index contributed by atoms with van der Waals surface area (Å²) in [6.45, 7) is 7.07. The lowest BCUT2D eigenvalue weighted by Gasteiger charge is -2.62. The van der Waals surface area contributed by atoms with Crippen LogP contribution in [0.2, 0.25) is 10.0 Å². The number of carbonyl (C=O) groups excluding carboxylic acids is 2. The Hall–Kier alpha value is -1.59. The van der Waals surface area contributed by atoms with Gasteiger partial charge in [-0.3, -0.25) is 9.59 Å². The predicted molar refractivity (Wildman–Crippen MR) is 131 cm³/mol. The number of pyridine rings is 1. The maximum absolute atomic E-state index is 13.4. The lowest BCUT2D eigenvalue weighted by Crippen LogP contribution is -2.63. The highest BCUT2D eigenvalue weighted by Gasteiger charge is 2.61. The van der Waals surface area contributed by atoms with Gasteiger partial charge in [-0.15, -0.1) is 0 Å². The first-order chi connectivity index (χ1) is 15.5. The molecule has 4 aliphatic rings. The Bertz CT molecular complexity index is 1040. The number of hydrogen-bond donors (Lipinski definition) is 1. The number of rotatable bonds is 2. The molecule has 2 unspecified atom stereocenters. The van der Waals surface area contributed by atoms with Crippen molar-refractivity contribution in [1.29, 1.82) is 0 Å². The third-order valence-electron chi connectivity index (χ3n) is 9.55. The van der Waals surface area contributed by atoms with E-state index in [1.54, 1.807) is 0 Å². The van der Waals surface area contributed by atoms with Gasteiger partial charge in [0.15, 0.2) is 5.82 Å². The molecule has 7 atom stereocenters. The molecule has 33 heavy (non-hydrogen) atoms. The highest BCUT2D eigenvalue weighted by Crippen LogP contribution is 2.65. The molecule has 3 aliphatic carbocycles. The molecule has 1 N–H and O–H groups in total. The molecule has 0 radical (unpaired) electrons. The maximum Gasteiger partial charge on any atom is 0.262 e. The molecule has 1 aromatic heterocycles. The largest absolute Gasteiger partial charge is 0.337 e. The number of hydrogen-bond acceptors (Lipinski definition) is 3. The van der Waals surface area contributed by atoms with Crippen molar-refractivity contribution < 1.29 is 9.59 Å². The van der Waals surface area contributed by atoms with Crippen molar-refractivity contribution in [2.75, 3.05) is 12.4 Å². The molecule has 7 heteroatoms. The van der Waals surface area contributed by atoms with Crippen LogP contribution in [0.3, 0.4) is 0 Å². The summed E-state index contributed by atoms with van der Waals surface area (Å²) < 4.78 is 0. The number of nitrogens with one attached hydrogen (secondary N) is 1. The van der Waals surface area contributed by atoms with E-state index >= 15 is 0 Å². The van der Waals surface area contributed by atoms with Crippen LogP contribution < -0.4 is 5.32 Å². The summed E-state index contributed by atoms with van der Waals surface area (Å²) in [6, 6.07) is 1.63. The van der Waals surface area contributed by atoms with E-state index in [1.165, 1.54) is 44.4 Å². The van der Waals surface area contributed by atoms with Gasteiger partial charge in [0.1, 0.15) is 5.57 Å². The molecular formula is C26H33Cl2N3O2. The van der Waals surface area contributed by atoms with Gasteiger partial charge >= 0.3 is 0 Å². The summed E-state index contributed by atoms with van der Waals surface area (Å²) in [7, 11) is 1.86. The molecule has 178 valence electrons. The average Bonchev–Trinajstić information content (AvgIpc) is 3.14. The predicted octanol–water partition coefficient (Wildman–Crippen LogP) is 5.97. The zero-order chi connectivity index (χ0) is 23.7. The summed E-state index contributed by atoms with van der Waals surface area (Å²) in [5, 5.41) is 3.38. The van der Waals surface area contributed by atoms with Crippen LogP contribution in [0.25, 0.3) is 0 Å². The molecule has 5 nitrogen and oxygen atoms in total. The fourth-order valence-electron chi connectivity index (χ4n) is 8.30. The van der Waals surface area contributed by atoms with E-state index in [0.29, 0.717) is 28.2 Å². The zero-order valence-electron chi connectivity index (χ0n) is 19.8. The quantitative estimate of drug-likeness (QED) is 0.520. The van der Waals surface area contributed by atoms with Gasteiger partial charge in [-0.05, 0) is 67.3 Å².